The number of carbonyl (C=O) groups excluding carboxylic acids is 1. The van der Waals surface area contributed by atoms with Crippen molar-refractivity contribution in [1.82, 2.24) is 0 Å². The number of carbonyl (C=O) groups is 1. The minimum Gasteiger partial charge on any atom is -0.482 e. The molecule has 0 aromatic heterocycles. The molecule has 0 radical (unpaired) electrons. The predicted molar refractivity (Wildman–Crippen MR) is 76.4 cm³/mol. The van der Waals surface area contributed by atoms with E-state index in [4.69, 9.17) is 4.74 Å². The van der Waals surface area contributed by atoms with Crippen molar-refractivity contribution in [1.29, 1.82) is 0 Å². The summed E-state index contributed by atoms with van der Waals surface area (Å²) < 4.78 is 9.91. The van der Waals surface area contributed by atoms with Crippen LogP contribution in [0.2, 0.25) is 0 Å². The Labute approximate surface area is 115 Å². The maximum Gasteiger partial charge on any atom is 0.343 e. The van der Waals surface area contributed by atoms with E-state index in [1.54, 1.807) is 0 Å². The largest absolute Gasteiger partial charge is 0.482 e. The van der Waals surface area contributed by atoms with Gasteiger partial charge in [0.2, 0.25) is 0 Å². The standard InChI is InChI=1S/C16H24O3/c1-3-4-5-6-7-9-14-10-8-11-15(12-14)19-13-16(17)18-2/h8,10-12H,3-7,9,13H2,1-2H3. The third-order valence-corrected chi connectivity index (χ3v) is 3.05. The molecule has 1 aromatic rings. The highest BCUT2D eigenvalue weighted by Gasteiger charge is 2.02. The van der Waals surface area contributed by atoms with E-state index in [1.165, 1.54) is 44.8 Å². The smallest absolute Gasteiger partial charge is 0.343 e. The second kappa shape index (κ2) is 9.42. The lowest BCUT2D eigenvalue weighted by Crippen LogP contribution is -2.12. The molecule has 0 amide bonds. The van der Waals surface area contributed by atoms with Gasteiger partial charge >= 0.3 is 5.97 Å². The van der Waals surface area contributed by atoms with Crippen molar-refractivity contribution in [2.75, 3.05) is 13.7 Å². The van der Waals surface area contributed by atoms with Crippen LogP contribution in [0.1, 0.15) is 44.6 Å². The molecule has 3 heteroatoms. The van der Waals surface area contributed by atoms with Crippen molar-refractivity contribution >= 4 is 5.97 Å². The number of esters is 1. The van der Waals surface area contributed by atoms with E-state index in [9.17, 15) is 4.79 Å². The number of ether oxygens (including phenoxy) is 2. The summed E-state index contributed by atoms with van der Waals surface area (Å²) >= 11 is 0. The van der Waals surface area contributed by atoms with Gasteiger partial charge in [0.05, 0.1) is 7.11 Å². The first-order valence-electron chi connectivity index (χ1n) is 7.04. The summed E-state index contributed by atoms with van der Waals surface area (Å²) in [7, 11) is 1.36. The van der Waals surface area contributed by atoms with E-state index in [0.717, 1.165) is 12.2 Å². The lowest BCUT2D eigenvalue weighted by Gasteiger charge is -2.07. The Kier molecular flexibility index (Phi) is 7.71. The van der Waals surface area contributed by atoms with Gasteiger partial charge in [-0.1, -0.05) is 44.7 Å². The molecule has 0 saturated heterocycles. The fourth-order valence-corrected chi connectivity index (χ4v) is 1.92. The molecule has 106 valence electrons. The molecule has 0 N–H and O–H groups in total. The number of unbranched alkanes of at least 4 members (excludes halogenated alkanes) is 4. The normalized spacial score (nSPS) is 10.2. The van der Waals surface area contributed by atoms with Gasteiger partial charge in [-0.3, -0.25) is 0 Å². The predicted octanol–water partition coefficient (Wildman–Crippen LogP) is 3.75. The fourth-order valence-electron chi connectivity index (χ4n) is 1.92. The lowest BCUT2D eigenvalue weighted by atomic mass is 10.1. The molecule has 0 aliphatic rings. The molecule has 0 atom stereocenters. The summed E-state index contributed by atoms with van der Waals surface area (Å²) in [6.45, 7) is 2.19. The van der Waals surface area contributed by atoms with Gasteiger partial charge in [0.15, 0.2) is 6.61 Å². The number of hydrogen-bond acceptors (Lipinski definition) is 3. The second-order valence-electron chi connectivity index (χ2n) is 4.68. The molecular weight excluding hydrogens is 240 g/mol. The fraction of sp³-hybridized carbons (Fsp3) is 0.562. The summed E-state index contributed by atoms with van der Waals surface area (Å²) in [5, 5.41) is 0. The van der Waals surface area contributed by atoms with Crippen molar-refractivity contribution in [3.8, 4) is 5.75 Å². The average molecular weight is 264 g/mol. The van der Waals surface area contributed by atoms with Crippen LogP contribution in [0.4, 0.5) is 0 Å². The monoisotopic (exact) mass is 264 g/mol. The molecule has 0 heterocycles. The molecule has 0 fully saturated rings. The van der Waals surface area contributed by atoms with E-state index in [1.807, 2.05) is 18.2 Å². The molecule has 0 bridgehead atoms. The quantitative estimate of drug-likeness (QED) is 0.503. The van der Waals surface area contributed by atoms with E-state index in [-0.39, 0.29) is 12.6 Å². The summed E-state index contributed by atoms with van der Waals surface area (Å²) in [5.74, 6) is 0.376. The summed E-state index contributed by atoms with van der Waals surface area (Å²) in [5.41, 5.74) is 1.26. The van der Waals surface area contributed by atoms with E-state index in [0.29, 0.717) is 0 Å². The first kappa shape index (κ1) is 15.5. The van der Waals surface area contributed by atoms with E-state index < -0.39 is 0 Å². The van der Waals surface area contributed by atoms with Crippen molar-refractivity contribution in [2.24, 2.45) is 0 Å². The van der Waals surface area contributed by atoms with Gasteiger partial charge < -0.3 is 9.47 Å². The topological polar surface area (TPSA) is 35.5 Å². The average Bonchev–Trinajstić information content (AvgIpc) is 2.45. The molecule has 1 rings (SSSR count). The van der Waals surface area contributed by atoms with Crippen molar-refractivity contribution in [2.45, 2.75) is 45.4 Å². The first-order chi connectivity index (χ1) is 9.26. The molecular formula is C16H24O3. The Hall–Kier alpha value is -1.51. The van der Waals surface area contributed by atoms with Gasteiger partial charge in [0.1, 0.15) is 5.75 Å². The van der Waals surface area contributed by atoms with Gasteiger partial charge in [-0.15, -0.1) is 0 Å². The zero-order chi connectivity index (χ0) is 13.9. The van der Waals surface area contributed by atoms with Crippen LogP contribution in [0.15, 0.2) is 24.3 Å². The van der Waals surface area contributed by atoms with Crippen LogP contribution in [0, 0.1) is 0 Å². The molecule has 0 aliphatic heterocycles. The number of methoxy groups -OCH3 is 1. The number of rotatable bonds is 9. The maximum absolute atomic E-state index is 11.0. The van der Waals surface area contributed by atoms with Gasteiger partial charge in [-0.05, 0) is 30.5 Å². The molecule has 3 nitrogen and oxygen atoms in total. The van der Waals surface area contributed by atoms with Crippen LogP contribution in [0.5, 0.6) is 5.75 Å². The maximum atomic E-state index is 11.0. The van der Waals surface area contributed by atoms with Crippen LogP contribution in [-0.4, -0.2) is 19.7 Å². The van der Waals surface area contributed by atoms with E-state index >= 15 is 0 Å². The molecule has 0 unspecified atom stereocenters. The van der Waals surface area contributed by atoms with Crippen molar-refractivity contribution in [3.63, 3.8) is 0 Å². The molecule has 0 saturated carbocycles. The molecule has 19 heavy (non-hydrogen) atoms. The molecule has 0 aliphatic carbocycles. The Morgan fingerprint density at radius 1 is 1.16 bits per heavy atom. The number of aryl methyl sites for hydroxylation is 1. The minimum absolute atomic E-state index is 0.0313. The SMILES string of the molecule is CCCCCCCc1cccc(OCC(=O)OC)c1. The van der Waals surface area contributed by atoms with Crippen LogP contribution >= 0.6 is 0 Å². The zero-order valence-corrected chi connectivity index (χ0v) is 12.0. The highest BCUT2D eigenvalue weighted by Crippen LogP contribution is 2.16. The highest BCUT2D eigenvalue weighted by molar-refractivity contribution is 5.70. The third kappa shape index (κ3) is 6.85. The summed E-state index contributed by atoms with van der Waals surface area (Å²) in [6.07, 6.45) is 7.47. The number of hydrogen-bond donors (Lipinski definition) is 0. The van der Waals surface area contributed by atoms with Crippen LogP contribution in [0.25, 0.3) is 0 Å². The number of benzene rings is 1. The van der Waals surface area contributed by atoms with Gasteiger partial charge in [-0.2, -0.15) is 0 Å². The van der Waals surface area contributed by atoms with Gasteiger partial charge in [0, 0.05) is 0 Å². The van der Waals surface area contributed by atoms with Gasteiger partial charge in [0.25, 0.3) is 0 Å². The summed E-state index contributed by atoms with van der Waals surface area (Å²) in [4.78, 5) is 11.0. The summed E-state index contributed by atoms with van der Waals surface area (Å²) in [6, 6.07) is 7.94. The van der Waals surface area contributed by atoms with E-state index in [2.05, 4.69) is 17.7 Å². The van der Waals surface area contributed by atoms with Gasteiger partial charge in [-0.25, -0.2) is 4.79 Å². The first-order valence-corrected chi connectivity index (χ1v) is 7.04. The van der Waals surface area contributed by atoms with Crippen LogP contribution in [-0.2, 0) is 16.0 Å². The lowest BCUT2D eigenvalue weighted by molar-refractivity contribution is -0.142. The Bertz CT molecular complexity index is 374. The molecule has 1 aromatic carbocycles. The van der Waals surface area contributed by atoms with Crippen molar-refractivity contribution < 1.29 is 14.3 Å². The third-order valence-electron chi connectivity index (χ3n) is 3.05. The van der Waals surface area contributed by atoms with Crippen molar-refractivity contribution in [3.05, 3.63) is 29.8 Å². The Morgan fingerprint density at radius 2 is 1.95 bits per heavy atom. The van der Waals surface area contributed by atoms with Crippen LogP contribution in [0.3, 0.4) is 0 Å². The van der Waals surface area contributed by atoms with Crippen LogP contribution < -0.4 is 4.74 Å². The zero-order valence-electron chi connectivity index (χ0n) is 12.0. The highest BCUT2D eigenvalue weighted by atomic mass is 16.6. The second-order valence-corrected chi connectivity index (χ2v) is 4.68. The Balaban J connectivity index is 2.33. The minimum atomic E-state index is -0.357. The molecule has 0 spiro atoms. The Morgan fingerprint density at radius 3 is 2.68 bits per heavy atom.